The Morgan fingerprint density at radius 1 is 1.14 bits per heavy atom. The van der Waals surface area contributed by atoms with Gasteiger partial charge in [-0.25, -0.2) is 4.79 Å². The summed E-state index contributed by atoms with van der Waals surface area (Å²) in [6.45, 7) is 7.69. The number of ether oxygens (including phenoxy) is 1. The van der Waals surface area contributed by atoms with Crippen LogP contribution in [0, 0.1) is 0 Å². The molecule has 4 rings (SSSR count). The molecule has 7 heteroatoms. The molecule has 1 saturated heterocycles. The molecule has 29 heavy (non-hydrogen) atoms. The van der Waals surface area contributed by atoms with Crippen LogP contribution in [0.2, 0.25) is 0 Å². The third-order valence-corrected chi connectivity index (χ3v) is 5.91. The highest BCUT2D eigenvalue weighted by molar-refractivity contribution is 5.92. The normalized spacial score (nSPS) is 18.1. The first-order valence-corrected chi connectivity index (χ1v) is 10.4. The maximum atomic E-state index is 13.1. The van der Waals surface area contributed by atoms with Crippen molar-refractivity contribution in [3.63, 3.8) is 0 Å². The van der Waals surface area contributed by atoms with Crippen molar-refractivity contribution in [2.75, 3.05) is 20.2 Å². The van der Waals surface area contributed by atoms with Crippen LogP contribution >= 0.6 is 0 Å². The van der Waals surface area contributed by atoms with Gasteiger partial charge in [-0.05, 0) is 64.7 Å². The first-order chi connectivity index (χ1) is 13.8. The summed E-state index contributed by atoms with van der Waals surface area (Å²) in [4.78, 5) is 27.0. The van der Waals surface area contributed by atoms with E-state index in [-0.39, 0.29) is 23.5 Å². The maximum Gasteiger partial charge on any atom is 0.354 e. The molecule has 1 amide bonds. The van der Waals surface area contributed by atoms with Gasteiger partial charge >= 0.3 is 5.97 Å². The van der Waals surface area contributed by atoms with Crippen LogP contribution in [0.3, 0.4) is 0 Å². The summed E-state index contributed by atoms with van der Waals surface area (Å²) in [5.74, 6) is 0.224. The molecular weight excluding hydrogens is 368 g/mol. The van der Waals surface area contributed by atoms with Crippen LogP contribution in [-0.2, 0) is 10.3 Å². The predicted octanol–water partition coefficient (Wildman–Crippen LogP) is 3.58. The fraction of sp³-hybridized carbons (Fsp3) is 0.591. The number of piperidine rings is 1. The lowest BCUT2D eigenvalue weighted by Gasteiger charge is -2.33. The molecule has 0 aromatic carbocycles. The van der Waals surface area contributed by atoms with Crippen molar-refractivity contribution >= 4 is 11.9 Å². The van der Waals surface area contributed by atoms with Crippen molar-refractivity contribution in [1.29, 1.82) is 0 Å². The third kappa shape index (κ3) is 3.82. The number of hydrogen-bond acceptors (Lipinski definition) is 4. The van der Waals surface area contributed by atoms with Gasteiger partial charge in [-0.1, -0.05) is 0 Å². The van der Waals surface area contributed by atoms with Crippen LogP contribution in [0.1, 0.15) is 85.1 Å². The fourth-order valence-electron chi connectivity index (χ4n) is 4.21. The van der Waals surface area contributed by atoms with E-state index in [0.717, 1.165) is 12.8 Å². The Balaban J connectivity index is 1.46. The Morgan fingerprint density at radius 3 is 2.41 bits per heavy atom. The van der Waals surface area contributed by atoms with Crippen LogP contribution in [0.15, 0.2) is 24.4 Å². The van der Waals surface area contributed by atoms with Gasteiger partial charge in [0.15, 0.2) is 5.69 Å². The highest BCUT2D eigenvalue weighted by Gasteiger charge is 2.34. The van der Waals surface area contributed by atoms with E-state index < -0.39 is 0 Å². The van der Waals surface area contributed by atoms with Crippen molar-refractivity contribution in [2.45, 2.75) is 64.0 Å². The SMILES string of the molecule is COC(=O)c1cccn1C1CCN(C(=O)c2cc(C3CC3)n(C(C)(C)C)n2)CC1. The zero-order valence-electron chi connectivity index (χ0n) is 17.7. The number of carbonyl (C=O) groups is 2. The number of likely N-dealkylation sites (tertiary alicyclic amines) is 1. The van der Waals surface area contributed by atoms with Crippen LogP contribution in [-0.4, -0.2) is 51.3 Å². The molecule has 1 aliphatic heterocycles. The molecule has 2 aromatic heterocycles. The second-order valence-electron chi connectivity index (χ2n) is 9.13. The highest BCUT2D eigenvalue weighted by atomic mass is 16.5. The molecule has 1 saturated carbocycles. The Kier molecular flexibility index (Phi) is 5.00. The van der Waals surface area contributed by atoms with E-state index in [2.05, 4.69) is 20.8 Å². The Hall–Kier alpha value is -2.57. The van der Waals surface area contributed by atoms with E-state index in [1.165, 1.54) is 25.6 Å². The summed E-state index contributed by atoms with van der Waals surface area (Å²) in [7, 11) is 1.40. The second-order valence-corrected chi connectivity index (χ2v) is 9.13. The average Bonchev–Trinajstić information content (AvgIpc) is 3.25. The first kappa shape index (κ1) is 19.7. The number of aromatic nitrogens is 3. The van der Waals surface area contributed by atoms with Gasteiger partial charge in [0, 0.05) is 36.9 Å². The summed E-state index contributed by atoms with van der Waals surface area (Å²) in [5.41, 5.74) is 2.17. The minimum absolute atomic E-state index is 0.00838. The minimum atomic E-state index is -0.325. The van der Waals surface area contributed by atoms with Crippen LogP contribution in [0.5, 0.6) is 0 Å². The van der Waals surface area contributed by atoms with E-state index in [1.807, 2.05) is 32.5 Å². The number of nitrogens with zero attached hydrogens (tertiary/aromatic N) is 4. The van der Waals surface area contributed by atoms with E-state index in [4.69, 9.17) is 9.84 Å². The largest absolute Gasteiger partial charge is 0.464 e. The third-order valence-electron chi connectivity index (χ3n) is 5.91. The van der Waals surface area contributed by atoms with Crippen molar-refractivity contribution < 1.29 is 14.3 Å². The molecule has 0 N–H and O–H groups in total. The second kappa shape index (κ2) is 7.35. The van der Waals surface area contributed by atoms with Crippen molar-refractivity contribution in [1.82, 2.24) is 19.2 Å². The van der Waals surface area contributed by atoms with E-state index in [9.17, 15) is 9.59 Å². The Morgan fingerprint density at radius 2 is 1.83 bits per heavy atom. The van der Waals surface area contributed by atoms with Crippen LogP contribution in [0.4, 0.5) is 0 Å². The standard InChI is InChI=1S/C22H30N4O3/c1-22(2,3)26-19(15-7-8-15)14-17(23-26)20(27)24-12-9-16(10-13-24)25-11-5-6-18(25)21(28)29-4/h5-6,11,14-16H,7-10,12-13H2,1-4H3. The van der Waals surface area contributed by atoms with Crippen molar-refractivity contribution in [3.05, 3.63) is 41.5 Å². The molecule has 7 nitrogen and oxygen atoms in total. The molecule has 0 unspecified atom stereocenters. The topological polar surface area (TPSA) is 69.4 Å². The number of rotatable bonds is 4. The number of esters is 1. The van der Waals surface area contributed by atoms with E-state index >= 15 is 0 Å². The zero-order valence-corrected chi connectivity index (χ0v) is 17.7. The summed E-state index contributed by atoms with van der Waals surface area (Å²) >= 11 is 0. The molecule has 3 heterocycles. The molecule has 2 aliphatic rings. The van der Waals surface area contributed by atoms with E-state index in [0.29, 0.717) is 30.4 Å². The van der Waals surface area contributed by atoms with Gasteiger partial charge in [-0.15, -0.1) is 0 Å². The van der Waals surface area contributed by atoms with Crippen molar-refractivity contribution in [3.8, 4) is 0 Å². The fourth-order valence-corrected chi connectivity index (χ4v) is 4.21. The highest BCUT2D eigenvalue weighted by Crippen LogP contribution is 2.42. The minimum Gasteiger partial charge on any atom is -0.464 e. The molecular formula is C22H30N4O3. The zero-order chi connectivity index (χ0) is 20.8. The molecule has 0 atom stereocenters. The Bertz CT molecular complexity index is 909. The summed E-state index contributed by atoms with van der Waals surface area (Å²) < 4.78 is 8.89. The molecule has 0 radical (unpaired) electrons. The monoisotopic (exact) mass is 398 g/mol. The summed E-state index contributed by atoms with van der Waals surface area (Å²) in [6.07, 6.45) is 5.89. The number of amides is 1. The maximum absolute atomic E-state index is 13.1. The van der Waals surface area contributed by atoms with Gasteiger partial charge in [-0.3, -0.25) is 9.48 Å². The van der Waals surface area contributed by atoms with Crippen molar-refractivity contribution in [2.24, 2.45) is 0 Å². The summed E-state index contributed by atoms with van der Waals surface area (Å²) in [5, 5.41) is 4.69. The molecule has 156 valence electrons. The number of methoxy groups -OCH3 is 1. The Labute approximate surface area is 171 Å². The van der Waals surface area contributed by atoms with Crippen LogP contribution in [0.25, 0.3) is 0 Å². The van der Waals surface area contributed by atoms with Gasteiger partial charge in [0.1, 0.15) is 5.69 Å². The number of carbonyl (C=O) groups excluding carboxylic acids is 2. The van der Waals surface area contributed by atoms with E-state index in [1.54, 1.807) is 6.07 Å². The molecule has 0 bridgehead atoms. The quantitative estimate of drug-likeness (QED) is 0.738. The van der Waals surface area contributed by atoms with Crippen LogP contribution < -0.4 is 0 Å². The summed E-state index contributed by atoms with van der Waals surface area (Å²) in [6, 6.07) is 5.83. The van der Waals surface area contributed by atoms with Gasteiger partial charge in [-0.2, -0.15) is 5.10 Å². The lowest BCUT2D eigenvalue weighted by molar-refractivity contribution is 0.0572. The lowest BCUT2D eigenvalue weighted by atomic mass is 10.0. The average molecular weight is 399 g/mol. The van der Waals surface area contributed by atoms with Gasteiger partial charge in [0.2, 0.25) is 0 Å². The van der Waals surface area contributed by atoms with Gasteiger partial charge in [0.25, 0.3) is 5.91 Å². The predicted molar refractivity (Wildman–Crippen MR) is 109 cm³/mol. The molecule has 1 aliphatic carbocycles. The smallest absolute Gasteiger partial charge is 0.354 e. The van der Waals surface area contributed by atoms with Gasteiger partial charge in [0.05, 0.1) is 12.6 Å². The molecule has 2 aromatic rings. The number of hydrogen-bond donors (Lipinski definition) is 0. The molecule has 2 fully saturated rings. The van der Waals surface area contributed by atoms with Gasteiger partial charge < -0.3 is 14.2 Å². The molecule has 0 spiro atoms. The lowest BCUT2D eigenvalue weighted by Crippen LogP contribution is -2.39. The first-order valence-electron chi connectivity index (χ1n) is 10.4.